The van der Waals surface area contributed by atoms with Crippen molar-refractivity contribution >= 4 is 35.2 Å². The van der Waals surface area contributed by atoms with Crippen molar-refractivity contribution in [3.05, 3.63) is 78.2 Å². The van der Waals surface area contributed by atoms with Crippen LogP contribution in [0.5, 0.6) is 0 Å². The summed E-state index contributed by atoms with van der Waals surface area (Å²) in [7, 11) is 0.352. The molecule has 5 aromatic rings. The van der Waals surface area contributed by atoms with Gasteiger partial charge in [0.15, 0.2) is 0 Å². The molecule has 0 saturated heterocycles. The van der Waals surface area contributed by atoms with Crippen molar-refractivity contribution in [1.82, 2.24) is 19.7 Å². The maximum atomic E-state index is 6.27. The fraction of sp³-hybridized carbons (Fsp3) is 0.310. The molecule has 0 amide bonds. The Labute approximate surface area is 207 Å². The summed E-state index contributed by atoms with van der Waals surface area (Å²) in [5.41, 5.74) is 6.07. The summed E-state index contributed by atoms with van der Waals surface area (Å²) in [5, 5.41) is 9.58. The van der Waals surface area contributed by atoms with Gasteiger partial charge >= 0.3 is 0 Å². The SMILES string of the molecule is Cn1cc(-c2ccc3cnc4[nH]c([Si](C)(C)C)c(C5CC(OCc6ccccc6)C5)c4c3c2)cn1. The van der Waals surface area contributed by atoms with E-state index in [-0.39, 0.29) is 0 Å². The first-order valence-corrected chi connectivity index (χ1v) is 16.0. The molecule has 0 radical (unpaired) electrons. The maximum Gasteiger partial charge on any atom is 0.138 e. The van der Waals surface area contributed by atoms with E-state index in [9.17, 15) is 0 Å². The zero-order valence-corrected chi connectivity index (χ0v) is 21.9. The molecule has 1 aliphatic rings. The van der Waals surface area contributed by atoms with Gasteiger partial charge < -0.3 is 9.72 Å². The molecule has 0 bridgehead atoms. The number of nitrogens with one attached hydrogen (secondary N) is 1. The molecule has 0 unspecified atom stereocenters. The quantitative estimate of drug-likeness (QED) is 0.298. The van der Waals surface area contributed by atoms with E-state index in [1.165, 1.54) is 38.2 Å². The molecular weight excluding hydrogens is 448 g/mol. The van der Waals surface area contributed by atoms with Crippen molar-refractivity contribution in [3.63, 3.8) is 0 Å². The van der Waals surface area contributed by atoms with E-state index in [1.807, 2.05) is 24.1 Å². The van der Waals surface area contributed by atoms with Crippen LogP contribution in [0.15, 0.2) is 67.1 Å². The highest BCUT2D eigenvalue weighted by atomic mass is 28.3. The van der Waals surface area contributed by atoms with Gasteiger partial charge in [0.1, 0.15) is 5.65 Å². The molecule has 178 valence electrons. The van der Waals surface area contributed by atoms with Crippen molar-refractivity contribution in [1.29, 1.82) is 0 Å². The molecule has 3 heterocycles. The van der Waals surface area contributed by atoms with E-state index >= 15 is 0 Å². The normalized spacial score (nSPS) is 18.3. The van der Waals surface area contributed by atoms with Gasteiger partial charge in [-0.15, -0.1) is 0 Å². The minimum atomic E-state index is -1.61. The number of hydrogen-bond donors (Lipinski definition) is 1. The summed E-state index contributed by atoms with van der Waals surface area (Å²) in [6.07, 6.45) is 8.46. The highest BCUT2D eigenvalue weighted by Gasteiger charge is 2.37. The molecule has 0 atom stereocenters. The van der Waals surface area contributed by atoms with Crippen LogP contribution in [0.25, 0.3) is 32.9 Å². The second-order valence-electron chi connectivity index (χ2n) is 10.9. The Balaban J connectivity index is 1.39. The first-order valence-electron chi connectivity index (χ1n) is 12.5. The van der Waals surface area contributed by atoms with Crippen LogP contribution in [0, 0.1) is 0 Å². The van der Waals surface area contributed by atoms with Gasteiger partial charge in [0.05, 0.1) is 27.0 Å². The van der Waals surface area contributed by atoms with Crippen LogP contribution in [0.4, 0.5) is 0 Å². The van der Waals surface area contributed by atoms with Gasteiger partial charge in [-0.05, 0) is 46.9 Å². The number of nitrogens with zero attached hydrogens (tertiary/aromatic N) is 3. The van der Waals surface area contributed by atoms with Gasteiger partial charge in [0.25, 0.3) is 0 Å². The highest BCUT2D eigenvalue weighted by Crippen LogP contribution is 2.43. The molecule has 2 aromatic carbocycles. The molecule has 1 fully saturated rings. The summed E-state index contributed by atoms with van der Waals surface area (Å²) >= 11 is 0. The first kappa shape index (κ1) is 22.3. The van der Waals surface area contributed by atoms with Crippen LogP contribution in [-0.2, 0) is 18.4 Å². The second-order valence-corrected chi connectivity index (χ2v) is 15.9. The third-order valence-electron chi connectivity index (χ3n) is 7.29. The smallest absolute Gasteiger partial charge is 0.138 e. The largest absolute Gasteiger partial charge is 0.373 e. The summed E-state index contributed by atoms with van der Waals surface area (Å²) in [4.78, 5) is 8.64. The lowest BCUT2D eigenvalue weighted by Gasteiger charge is -2.37. The van der Waals surface area contributed by atoms with Crippen molar-refractivity contribution in [2.24, 2.45) is 7.05 Å². The van der Waals surface area contributed by atoms with Crippen LogP contribution in [-0.4, -0.2) is 33.9 Å². The first-order chi connectivity index (χ1) is 16.9. The van der Waals surface area contributed by atoms with E-state index in [0.717, 1.165) is 24.1 Å². The van der Waals surface area contributed by atoms with Crippen LogP contribution in [0.3, 0.4) is 0 Å². The number of aryl methyl sites for hydroxylation is 1. The Hall–Kier alpha value is -3.22. The number of pyridine rings is 1. The van der Waals surface area contributed by atoms with Gasteiger partial charge in [0, 0.05) is 41.1 Å². The third-order valence-corrected chi connectivity index (χ3v) is 9.19. The molecule has 0 aliphatic heterocycles. The molecule has 1 aliphatic carbocycles. The highest BCUT2D eigenvalue weighted by molar-refractivity contribution is 6.88. The van der Waals surface area contributed by atoms with Crippen LogP contribution in [0.2, 0.25) is 19.6 Å². The maximum absolute atomic E-state index is 6.27. The molecular formula is C29H32N4OSi. The van der Waals surface area contributed by atoms with Crippen molar-refractivity contribution in [3.8, 4) is 11.1 Å². The van der Waals surface area contributed by atoms with Crippen LogP contribution in [0.1, 0.15) is 29.9 Å². The summed E-state index contributed by atoms with van der Waals surface area (Å²) in [6.45, 7) is 7.96. The van der Waals surface area contributed by atoms with Gasteiger partial charge in [-0.3, -0.25) is 4.68 Å². The van der Waals surface area contributed by atoms with Crippen molar-refractivity contribution < 1.29 is 4.74 Å². The fourth-order valence-corrected chi connectivity index (χ4v) is 7.00. The number of benzene rings is 2. The molecule has 35 heavy (non-hydrogen) atoms. The van der Waals surface area contributed by atoms with Crippen molar-refractivity contribution in [2.45, 2.75) is 51.1 Å². The number of ether oxygens (including phenoxy) is 1. The number of fused-ring (bicyclic) bond motifs is 3. The zero-order chi connectivity index (χ0) is 24.2. The van der Waals surface area contributed by atoms with E-state index in [4.69, 9.17) is 9.72 Å². The number of aromatic nitrogens is 4. The number of H-pyrrole nitrogens is 1. The number of rotatable bonds is 6. The monoisotopic (exact) mass is 480 g/mol. The Morgan fingerprint density at radius 1 is 1.03 bits per heavy atom. The number of aromatic amines is 1. The zero-order valence-electron chi connectivity index (χ0n) is 20.9. The molecule has 0 spiro atoms. The lowest BCUT2D eigenvalue weighted by molar-refractivity contribution is -0.0203. The van der Waals surface area contributed by atoms with Gasteiger partial charge in [-0.2, -0.15) is 5.10 Å². The lowest BCUT2D eigenvalue weighted by Crippen LogP contribution is -2.43. The Morgan fingerprint density at radius 2 is 1.83 bits per heavy atom. The predicted molar refractivity (Wildman–Crippen MR) is 146 cm³/mol. The topological polar surface area (TPSA) is 55.7 Å². The Bertz CT molecular complexity index is 1510. The number of hydrogen-bond acceptors (Lipinski definition) is 3. The minimum Gasteiger partial charge on any atom is -0.373 e. The summed E-state index contributed by atoms with van der Waals surface area (Å²) < 4.78 is 8.13. The predicted octanol–water partition coefficient (Wildman–Crippen LogP) is 6.12. The van der Waals surface area contributed by atoms with Gasteiger partial charge in [-0.25, -0.2) is 4.98 Å². The Kier molecular flexibility index (Phi) is 5.38. The molecule has 5 nitrogen and oxygen atoms in total. The Morgan fingerprint density at radius 3 is 2.54 bits per heavy atom. The second kappa shape index (κ2) is 8.47. The van der Waals surface area contributed by atoms with Crippen LogP contribution < -0.4 is 5.32 Å². The van der Waals surface area contributed by atoms with Gasteiger partial charge in [0.2, 0.25) is 0 Å². The van der Waals surface area contributed by atoms with E-state index in [0.29, 0.717) is 18.6 Å². The summed E-state index contributed by atoms with van der Waals surface area (Å²) in [6, 6.07) is 17.2. The fourth-order valence-electron chi connectivity index (χ4n) is 5.37. The molecule has 1 saturated carbocycles. The van der Waals surface area contributed by atoms with E-state index < -0.39 is 8.07 Å². The van der Waals surface area contributed by atoms with Crippen LogP contribution >= 0.6 is 0 Å². The van der Waals surface area contributed by atoms with E-state index in [2.05, 4.69) is 84.5 Å². The minimum absolute atomic E-state index is 0.313. The molecule has 6 rings (SSSR count). The average molecular weight is 481 g/mol. The van der Waals surface area contributed by atoms with Crippen molar-refractivity contribution in [2.75, 3.05) is 0 Å². The average Bonchev–Trinajstić information content (AvgIpc) is 3.42. The molecule has 6 heteroatoms. The van der Waals surface area contributed by atoms with Gasteiger partial charge in [-0.1, -0.05) is 62.1 Å². The van der Waals surface area contributed by atoms with E-state index in [1.54, 1.807) is 0 Å². The third kappa shape index (κ3) is 4.11. The molecule has 3 aromatic heterocycles. The standard InChI is InChI=1S/C29H32N4OSi/c1-33-17-23(16-31-33)20-10-11-21-15-30-28-27(25(21)14-20)26(29(32-28)35(2,3)4)22-12-24(13-22)34-18-19-8-6-5-7-9-19/h5-11,14-17,22,24H,12-13,18H2,1-4H3,(H,30,32). The summed E-state index contributed by atoms with van der Waals surface area (Å²) in [5.74, 6) is 0.501. The molecule has 1 N–H and O–H groups in total. The lowest BCUT2D eigenvalue weighted by atomic mass is 9.77.